The van der Waals surface area contributed by atoms with Crippen molar-refractivity contribution >= 4 is 22.6 Å². The van der Waals surface area contributed by atoms with Gasteiger partial charge < -0.3 is 19.7 Å². The van der Waals surface area contributed by atoms with E-state index in [0.717, 1.165) is 10.8 Å². The van der Waals surface area contributed by atoms with Crippen LogP contribution in [0.4, 0.5) is 13.2 Å². The van der Waals surface area contributed by atoms with Crippen LogP contribution in [0.5, 0.6) is 5.75 Å². The molecule has 144 valence electrons. The summed E-state index contributed by atoms with van der Waals surface area (Å²) < 4.78 is 47.5. The third-order valence-corrected chi connectivity index (χ3v) is 4.04. The molecule has 6 nitrogen and oxygen atoms in total. The third-order valence-electron chi connectivity index (χ3n) is 4.04. The maximum atomic E-state index is 12.6. The first-order valence-electron chi connectivity index (χ1n) is 8.27. The van der Waals surface area contributed by atoms with E-state index in [-0.39, 0.29) is 18.8 Å². The molecule has 0 radical (unpaired) electrons. The number of benzene rings is 2. The summed E-state index contributed by atoms with van der Waals surface area (Å²) in [7, 11) is 0. The monoisotopic (exact) mass is 382 g/mol. The van der Waals surface area contributed by atoms with E-state index >= 15 is 0 Å². The molecule has 1 N–H and O–H groups in total. The average molecular weight is 382 g/mol. The second-order valence-electron chi connectivity index (χ2n) is 5.94. The molecule has 2 aromatic rings. The van der Waals surface area contributed by atoms with Crippen LogP contribution in [-0.2, 0) is 14.3 Å². The van der Waals surface area contributed by atoms with Crippen LogP contribution in [0, 0.1) is 0 Å². The van der Waals surface area contributed by atoms with Crippen molar-refractivity contribution in [1.29, 1.82) is 0 Å². The molecule has 1 aliphatic heterocycles. The lowest BCUT2D eigenvalue weighted by Gasteiger charge is -2.30. The van der Waals surface area contributed by atoms with E-state index in [1.807, 2.05) is 12.1 Å². The molecule has 3 rings (SSSR count). The zero-order valence-corrected chi connectivity index (χ0v) is 14.2. The van der Waals surface area contributed by atoms with E-state index in [2.05, 4.69) is 10.1 Å². The number of fused-ring (bicyclic) bond motifs is 1. The van der Waals surface area contributed by atoms with Gasteiger partial charge in [0.2, 0.25) is 0 Å². The maximum Gasteiger partial charge on any atom is 0.491 e. The topological polar surface area (TPSA) is 67.9 Å². The molecule has 1 aliphatic rings. The predicted octanol–water partition coefficient (Wildman–Crippen LogP) is 2.08. The molecule has 9 heteroatoms. The van der Waals surface area contributed by atoms with Crippen LogP contribution >= 0.6 is 0 Å². The number of carbonyl (C=O) groups is 2. The van der Waals surface area contributed by atoms with Gasteiger partial charge in [0.15, 0.2) is 0 Å². The first-order chi connectivity index (χ1) is 12.8. The van der Waals surface area contributed by atoms with Crippen molar-refractivity contribution in [2.45, 2.75) is 12.5 Å². The quantitative estimate of drug-likeness (QED) is 0.648. The van der Waals surface area contributed by atoms with E-state index in [9.17, 15) is 22.8 Å². The number of carbonyl (C=O) groups excluding carboxylic acids is 2. The maximum absolute atomic E-state index is 12.6. The minimum atomic E-state index is -5.23. The Hall–Kier alpha value is -2.81. The minimum absolute atomic E-state index is 0.122. The van der Waals surface area contributed by atoms with Crippen LogP contribution in [0.15, 0.2) is 42.5 Å². The number of piperazine rings is 1. The van der Waals surface area contributed by atoms with Gasteiger partial charge in [-0.05, 0) is 22.9 Å². The zero-order chi connectivity index (χ0) is 19.4. The number of hydrogen-bond donors (Lipinski definition) is 1. The fraction of sp³-hybridized carbons (Fsp3) is 0.333. The Balaban J connectivity index is 1.83. The molecule has 1 fully saturated rings. The van der Waals surface area contributed by atoms with Crippen LogP contribution in [0.1, 0.15) is 0 Å². The summed E-state index contributed by atoms with van der Waals surface area (Å²) in [6.45, 7) is 1.53. The number of nitrogens with zero attached hydrogens (tertiary/aromatic N) is 1. The molecule has 0 aromatic heterocycles. The Morgan fingerprint density at radius 2 is 1.70 bits per heavy atom. The molecular formula is C18H17F3N2O4. The van der Waals surface area contributed by atoms with Gasteiger partial charge in [-0.1, -0.05) is 30.3 Å². The molecule has 0 bridgehead atoms. The van der Waals surface area contributed by atoms with Crippen molar-refractivity contribution < 1.29 is 32.2 Å². The fourth-order valence-electron chi connectivity index (χ4n) is 2.69. The first kappa shape index (κ1) is 19.0. The number of nitrogens with one attached hydrogen (secondary N) is 1. The van der Waals surface area contributed by atoms with Gasteiger partial charge in [-0.15, -0.1) is 0 Å². The minimum Gasteiger partial charge on any atom is -0.446 e. The van der Waals surface area contributed by atoms with Crippen molar-refractivity contribution in [3.8, 4) is 5.75 Å². The normalized spacial score (nSPS) is 16.0. The lowest BCUT2D eigenvalue weighted by atomic mass is 10.1. The second kappa shape index (κ2) is 7.83. The van der Waals surface area contributed by atoms with Crippen molar-refractivity contribution in [3.05, 3.63) is 42.5 Å². The van der Waals surface area contributed by atoms with E-state index in [1.54, 1.807) is 24.3 Å². The molecule has 1 atom stereocenters. The Labute approximate surface area is 152 Å². The third kappa shape index (κ3) is 4.68. The smallest absolute Gasteiger partial charge is 0.446 e. The molecule has 0 saturated carbocycles. The Kier molecular flexibility index (Phi) is 5.50. The van der Waals surface area contributed by atoms with E-state index in [1.165, 1.54) is 11.0 Å². The zero-order valence-electron chi connectivity index (χ0n) is 14.2. The number of alkyl halides is 3. The second-order valence-corrected chi connectivity index (χ2v) is 5.94. The first-order valence-corrected chi connectivity index (χ1v) is 8.27. The number of hydrogen-bond acceptors (Lipinski definition) is 5. The lowest BCUT2D eigenvalue weighted by molar-refractivity contribution is -0.218. The van der Waals surface area contributed by atoms with E-state index in [4.69, 9.17) is 4.74 Å². The van der Waals surface area contributed by atoms with Crippen LogP contribution < -0.4 is 10.1 Å². The van der Waals surface area contributed by atoms with Gasteiger partial charge in [0.05, 0.1) is 0 Å². The van der Waals surface area contributed by atoms with Gasteiger partial charge in [0.1, 0.15) is 5.75 Å². The number of halogens is 3. The summed E-state index contributed by atoms with van der Waals surface area (Å²) in [5, 5.41) is 4.68. The summed E-state index contributed by atoms with van der Waals surface area (Å²) in [5.74, 6) is -3.18. The van der Waals surface area contributed by atoms with Gasteiger partial charge in [0, 0.05) is 26.2 Å². The van der Waals surface area contributed by atoms with Crippen LogP contribution in [-0.4, -0.2) is 55.4 Å². The van der Waals surface area contributed by atoms with Gasteiger partial charge >= 0.3 is 24.3 Å². The summed E-state index contributed by atoms with van der Waals surface area (Å²) in [6.07, 6.45) is -7.24. The molecule has 2 aromatic carbocycles. The highest BCUT2D eigenvalue weighted by Crippen LogP contribution is 2.24. The lowest BCUT2D eigenvalue weighted by Crippen LogP contribution is -2.52. The Morgan fingerprint density at radius 3 is 2.37 bits per heavy atom. The summed E-state index contributed by atoms with van der Waals surface area (Å²) in [6, 6.07) is 12.0. The molecule has 1 saturated heterocycles. The van der Waals surface area contributed by atoms with Crippen molar-refractivity contribution in [3.63, 3.8) is 0 Å². The molecule has 27 heavy (non-hydrogen) atoms. The number of esters is 1. The van der Waals surface area contributed by atoms with Crippen LogP contribution in [0.25, 0.3) is 10.8 Å². The number of amides is 1. The average Bonchev–Trinajstić information content (AvgIpc) is 2.66. The van der Waals surface area contributed by atoms with Crippen molar-refractivity contribution in [1.82, 2.24) is 10.2 Å². The van der Waals surface area contributed by atoms with Gasteiger partial charge in [0.25, 0.3) is 0 Å². The van der Waals surface area contributed by atoms with Crippen LogP contribution in [0.2, 0.25) is 0 Å². The van der Waals surface area contributed by atoms with Gasteiger partial charge in [-0.3, -0.25) is 4.79 Å². The highest BCUT2D eigenvalue weighted by molar-refractivity contribution is 5.86. The Morgan fingerprint density at radius 1 is 1.04 bits per heavy atom. The van der Waals surface area contributed by atoms with Crippen LogP contribution in [0.3, 0.4) is 0 Å². The molecule has 1 unspecified atom stereocenters. The van der Waals surface area contributed by atoms with Crippen molar-refractivity contribution in [2.75, 3.05) is 26.2 Å². The molecule has 0 spiro atoms. The number of ether oxygens (including phenoxy) is 2. The Bertz CT molecular complexity index is 835. The molecule has 0 aliphatic carbocycles. The van der Waals surface area contributed by atoms with E-state index < -0.39 is 24.3 Å². The summed E-state index contributed by atoms with van der Waals surface area (Å²) in [4.78, 5) is 25.1. The van der Waals surface area contributed by atoms with Crippen molar-refractivity contribution in [2.24, 2.45) is 0 Å². The molecular weight excluding hydrogens is 365 g/mol. The van der Waals surface area contributed by atoms with Gasteiger partial charge in [-0.25, -0.2) is 4.79 Å². The fourth-order valence-corrected chi connectivity index (χ4v) is 2.69. The molecule has 1 heterocycles. The predicted molar refractivity (Wildman–Crippen MR) is 90.0 cm³/mol. The summed E-state index contributed by atoms with van der Waals surface area (Å²) >= 11 is 0. The standard InChI is InChI=1S/C18H17F3N2O4/c19-18(20,21)17(25)27-16(15(24)23-9-7-22-8-10-23)26-14-6-5-12-3-1-2-4-13(12)11-14/h1-6,11,16,22H,7-10H2. The highest BCUT2D eigenvalue weighted by Gasteiger charge is 2.44. The highest BCUT2D eigenvalue weighted by atomic mass is 19.4. The van der Waals surface area contributed by atoms with E-state index in [0.29, 0.717) is 13.1 Å². The summed E-state index contributed by atoms with van der Waals surface area (Å²) in [5.41, 5.74) is 0. The largest absolute Gasteiger partial charge is 0.491 e. The number of rotatable bonds is 4. The SMILES string of the molecule is O=C(C(OC(=O)C(F)(F)F)Oc1ccc2ccccc2c1)N1CCNCC1. The molecule has 1 amide bonds. The van der Waals surface area contributed by atoms with Gasteiger partial charge in [-0.2, -0.15) is 13.2 Å².